The van der Waals surface area contributed by atoms with Crippen molar-refractivity contribution in [2.45, 2.75) is 0 Å². The maximum atomic E-state index is 3.56. The first-order valence-electron chi connectivity index (χ1n) is 2.98. The topological polar surface area (TPSA) is 38.7 Å². The molecule has 0 fully saturated rings. The van der Waals surface area contributed by atoms with E-state index in [0.29, 0.717) is 0 Å². The van der Waals surface area contributed by atoms with Crippen LogP contribution < -0.4 is 0 Å². The van der Waals surface area contributed by atoms with Crippen molar-refractivity contribution in [3.63, 3.8) is 0 Å². The Balaban J connectivity index is 0.000000189. The SMILES string of the molecule is C1=CSSC1.[SiH4].c1ncncn1. The molecule has 0 atom stereocenters. The molecule has 2 rings (SSSR count). The molecular formula is C6H11N3S2Si. The van der Waals surface area contributed by atoms with E-state index in [1.165, 1.54) is 24.7 Å². The fraction of sp³-hybridized carbons (Fsp3) is 0.167. The molecule has 3 nitrogen and oxygen atoms in total. The first kappa shape index (κ1) is 11.7. The Bertz CT molecular complexity index is 174. The van der Waals surface area contributed by atoms with Crippen molar-refractivity contribution in [1.29, 1.82) is 0 Å². The summed E-state index contributed by atoms with van der Waals surface area (Å²) in [6, 6.07) is 0. The molecule has 1 aliphatic rings. The number of aromatic nitrogens is 3. The van der Waals surface area contributed by atoms with Crippen LogP contribution in [0, 0.1) is 0 Å². The Hall–Kier alpha value is -0.333. The summed E-state index contributed by atoms with van der Waals surface area (Å²) in [5, 5.41) is 2.12. The quantitative estimate of drug-likeness (QED) is 0.462. The lowest BCUT2D eigenvalue weighted by molar-refractivity contribution is 1.05. The number of hydrogen-bond acceptors (Lipinski definition) is 5. The lowest BCUT2D eigenvalue weighted by Crippen LogP contribution is -1.73. The first-order chi connectivity index (χ1) is 5.50. The average Bonchev–Trinajstić information content (AvgIpc) is 2.64. The van der Waals surface area contributed by atoms with Crippen LogP contribution in [-0.2, 0) is 0 Å². The van der Waals surface area contributed by atoms with Gasteiger partial charge in [-0.25, -0.2) is 15.0 Å². The molecule has 0 aromatic carbocycles. The summed E-state index contributed by atoms with van der Waals surface area (Å²) in [5.74, 6) is 1.20. The highest BCUT2D eigenvalue weighted by molar-refractivity contribution is 8.78. The molecule has 12 heavy (non-hydrogen) atoms. The van der Waals surface area contributed by atoms with E-state index in [4.69, 9.17) is 0 Å². The Morgan fingerprint density at radius 1 is 1.00 bits per heavy atom. The molecule has 0 N–H and O–H groups in total. The van der Waals surface area contributed by atoms with Crippen LogP contribution in [0.3, 0.4) is 0 Å². The minimum absolute atomic E-state index is 0. The van der Waals surface area contributed by atoms with Crippen molar-refractivity contribution in [2.24, 2.45) is 0 Å². The van der Waals surface area contributed by atoms with Crippen molar-refractivity contribution in [3.05, 3.63) is 30.5 Å². The molecular weight excluding hydrogens is 206 g/mol. The molecule has 6 heteroatoms. The van der Waals surface area contributed by atoms with Crippen LogP contribution in [0.1, 0.15) is 0 Å². The molecule has 2 heterocycles. The van der Waals surface area contributed by atoms with E-state index >= 15 is 0 Å². The second-order valence-corrected chi connectivity index (χ2v) is 3.86. The van der Waals surface area contributed by atoms with Crippen LogP contribution >= 0.6 is 21.6 Å². The summed E-state index contributed by atoms with van der Waals surface area (Å²) in [5.41, 5.74) is 0. The molecule has 0 radical (unpaired) electrons. The molecule has 1 aromatic rings. The van der Waals surface area contributed by atoms with Crippen LogP contribution in [0.5, 0.6) is 0 Å². The number of hydrogen-bond donors (Lipinski definition) is 0. The Morgan fingerprint density at radius 2 is 1.58 bits per heavy atom. The van der Waals surface area contributed by atoms with Gasteiger partial charge in [-0.2, -0.15) is 0 Å². The fourth-order valence-corrected chi connectivity index (χ4v) is 1.97. The van der Waals surface area contributed by atoms with Gasteiger partial charge in [-0.15, -0.1) is 0 Å². The van der Waals surface area contributed by atoms with E-state index in [1.54, 1.807) is 0 Å². The maximum absolute atomic E-state index is 3.56. The van der Waals surface area contributed by atoms with Gasteiger partial charge in [-0.3, -0.25) is 0 Å². The Labute approximate surface area is 83.9 Å². The second-order valence-electron chi connectivity index (χ2n) is 1.55. The van der Waals surface area contributed by atoms with Crippen LogP contribution in [0.2, 0.25) is 0 Å². The van der Waals surface area contributed by atoms with Gasteiger partial charge in [0.05, 0.1) is 0 Å². The Morgan fingerprint density at radius 3 is 1.75 bits per heavy atom. The van der Waals surface area contributed by atoms with E-state index in [1.807, 2.05) is 21.6 Å². The van der Waals surface area contributed by atoms with Crippen LogP contribution in [0.15, 0.2) is 30.5 Å². The molecule has 0 bridgehead atoms. The minimum atomic E-state index is 0. The average molecular weight is 217 g/mol. The van der Waals surface area contributed by atoms with Crippen LogP contribution in [-0.4, -0.2) is 31.7 Å². The molecule has 0 spiro atoms. The van der Waals surface area contributed by atoms with Crippen molar-refractivity contribution < 1.29 is 0 Å². The van der Waals surface area contributed by atoms with E-state index in [0.717, 1.165) is 0 Å². The number of rotatable bonds is 0. The van der Waals surface area contributed by atoms with Gasteiger partial charge in [0.15, 0.2) is 0 Å². The molecule has 0 aliphatic carbocycles. The molecule has 0 saturated heterocycles. The molecule has 0 unspecified atom stereocenters. The third kappa shape index (κ3) is 6.38. The fourth-order valence-electron chi connectivity index (χ4n) is 0.401. The summed E-state index contributed by atoms with van der Waals surface area (Å²) in [6.07, 6.45) is 6.47. The summed E-state index contributed by atoms with van der Waals surface area (Å²) >= 11 is 0. The summed E-state index contributed by atoms with van der Waals surface area (Å²) in [6.45, 7) is 0. The molecule has 0 amide bonds. The summed E-state index contributed by atoms with van der Waals surface area (Å²) in [7, 11) is 3.69. The third-order valence-electron chi connectivity index (χ3n) is 0.784. The molecule has 1 aliphatic heterocycles. The zero-order valence-corrected chi connectivity index (χ0v) is 7.38. The minimum Gasteiger partial charge on any atom is -0.225 e. The zero-order chi connectivity index (χ0) is 7.78. The highest BCUT2D eigenvalue weighted by Crippen LogP contribution is 2.27. The molecule has 1 aromatic heterocycles. The van der Waals surface area contributed by atoms with Gasteiger partial charge in [-0.1, -0.05) is 27.7 Å². The predicted octanol–water partition coefficient (Wildman–Crippen LogP) is 0.315. The lowest BCUT2D eigenvalue weighted by Gasteiger charge is -1.69. The van der Waals surface area contributed by atoms with E-state index < -0.39 is 0 Å². The third-order valence-corrected chi connectivity index (χ3v) is 2.70. The summed E-state index contributed by atoms with van der Waals surface area (Å²) in [4.78, 5) is 10.7. The largest absolute Gasteiger partial charge is 0.225 e. The van der Waals surface area contributed by atoms with Gasteiger partial charge in [0.25, 0.3) is 0 Å². The van der Waals surface area contributed by atoms with Crippen molar-refractivity contribution in [3.8, 4) is 0 Å². The standard InChI is InChI=1S/C3H3N3.C3H4S2.H4Si/c1-4-2-6-3-5-1;1-2-4-5-3-1;/h1-3H;1-2H,3H2;1H4. The van der Waals surface area contributed by atoms with Gasteiger partial charge >= 0.3 is 0 Å². The van der Waals surface area contributed by atoms with E-state index in [9.17, 15) is 0 Å². The van der Waals surface area contributed by atoms with Gasteiger partial charge in [0.2, 0.25) is 0 Å². The summed E-state index contributed by atoms with van der Waals surface area (Å²) < 4.78 is 0. The van der Waals surface area contributed by atoms with Crippen LogP contribution in [0.25, 0.3) is 0 Å². The number of nitrogens with zero attached hydrogens (tertiary/aromatic N) is 3. The zero-order valence-electron chi connectivity index (χ0n) is 5.75. The molecule has 0 saturated carbocycles. The maximum Gasteiger partial charge on any atom is 0.119 e. The van der Waals surface area contributed by atoms with Crippen molar-refractivity contribution in [2.75, 3.05) is 5.75 Å². The highest BCUT2D eigenvalue weighted by atomic mass is 33.1. The lowest BCUT2D eigenvalue weighted by atomic mass is 10.8. The Kier molecular flexibility index (Phi) is 8.52. The highest BCUT2D eigenvalue weighted by Gasteiger charge is 1.85. The smallest absolute Gasteiger partial charge is 0.119 e. The van der Waals surface area contributed by atoms with Gasteiger partial charge < -0.3 is 0 Å². The predicted molar refractivity (Wildman–Crippen MR) is 60.4 cm³/mol. The van der Waals surface area contributed by atoms with Crippen LogP contribution in [0.4, 0.5) is 0 Å². The van der Waals surface area contributed by atoms with E-state index in [-0.39, 0.29) is 11.0 Å². The second kappa shape index (κ2) is 8.76. The van der Waals surface area contributed by atoms with Crippen molar-refractivity contribution in [1.82, 2.24) is 15.0 Å². The first-order valence-corrected chi connectivity index (χ1v) is 5.36. The molecule has 66 valence electrons. The van der Waals surface area contributed by atoms with Gasteiger partial charge in [0, 0.05) is 5.75 Å². The monoisotopic (exact) mass is 217 g/mol. The van der Waals surface area contributed by atoms with Crippen molar-refractivity contribution >= 4 is 32.6 Å². The van der Waals surface area contributed by atoms with E-state index in [2.05, 4.69) is 26.4 Å². The van der Waals surface area contributed by atoms with Gasteiger partial charge in [-0.05, 0) is 16.4 Å². The van der Waals surface area contributed by atoms with Gasteiger partial charge in [0.1, 0.15) is 19.0 Å². The normalized spacial score (nSPS) is 12.7.